The minimum Gasteiger partial charge on any atom is -0.284 e. The Labute approximate surface area is 81.8 Å². The maximum absolute atomic E-state index is 11.7. The standard InChI is InChI=1S/C8H12N4O2/c1-10-4-9-6-5(10)7(13)12(3)8(14)11(6)2/h4-6H,1-3H3/p+1/t5-,6+/m1/s1. The molecule has 2 aliphatic heterocycles. The number of rotatable bonds is 0. The van der Waals surface area contributed by atoms with Crippen LogP contribution in [-0.4, -0.2) is 66.0 Å². The average molecular weight is 197 g/mol. The van der Waals surface area contributed by atoms with E-state index in [0.717, 1.165) is 4.90 Å². The highest BCUT2D eigenvalue weighted by atomic mass is 16.2. The molecule has 0 aromatic rings. The van der Waals surface area contributed by atoms with Gasteiger partial charge in [0.05, 0.1) is 7.05 Å². The van der Waals surface area contributed by atoms with E-state index in [9.17, 15) is 9.59 Å². The molecule has 0 saturated carbocycles. The quantitative estimate of drug-likeness (QED) is 0.480. The fourth-order valence-electron chi connectivity index (χ4n) is 1.87. The van der Waals surface area contributed by atoms with Gasteiger partial charge >= 0.3 is 6.03 Å². The normalized spacial score (nSPS) is 31.5. The smallest absolute Gasteiger partial charge is 0.284 e. The van der Waals surface area contributed by atoms with Gasteiger partial charge in [0, 0.05) is 14.1 Å². The molecule has 6 heteroatoms. The summed E-state index contributed by atoms with van der Waals surface area (Å²) >= 11 is 0. The van der Waals surface area contributed by atoms with Crippen LogP contribution < -0.4 is 5.32 Å². The van der Waals surface area contributed by atoms with E-state index in [-0.39, 0.29) is 24.1 Å². The number of nitrogens with zero attached hydrogens (tertiary/aromatic N) is 3. The third-order valence-electron chi connectivity index (χ3n) is 2.78. The Morgan fingerprint density at radius 1 is 1.43 bits per heavy atom. The number of fused-ring (bicyclic) bond motifs is 1. The highest BCUT2D eigenvalue weighted by Gasteiger charge is 2.51. The third-order valence-corrected chi connectivity index (χ3v) is 2.78. The summed E-state index contributed by atoms with van der Waals surface area (Å²) in [5.74, 6) is -0.165. The zero-order chi connectivity index (χ0) is 10.5. The van der Waals surface area contributed by atoms with Crippen LogP contribution in [0.4, 0.5) is 4.79 Å². The molecule has 1 N–H and O–H groups in total. The van der Waals surface area contributed by atoms with Gasteiger partial charge in [-0.3, -0.25) is 24.5 Å². The lowest BCUT2D eigenvalue weighted by atomic mass is 10.1. The van der Waals surface area contributed by atoms with Gasteiger partial charge in [-0.25, -0.2) is 4.79 Å². The van der Waals surface area contributed by atoms with Crippen molar-refractivity contribution in [3.63, 3.8) is 0 Å². The van der Waals surface area contributed by atoms with Crippen molar-refractivity contribution in [1.29, 1.82) is 0 Å². The number of likely N-dealkylation sites (N-methyl/N-ethyl adjacent to an activating group) is 3. The molecule has 6 nitrogen and oxygen atoms in total. The Morgan fingerprint density at radius 3 is 2.71 bits per heavy atom. The Morgan fingerprint density at radius 2 is 2.07 bits per heavy atom. The molecule has 0 aromatic heterocycles. The number of nitrogens with one attached hydrogen (secondary N) is 1. The van der Waals surface area contributed by atoms with Crippen LogP contribution in [0, 0.1) is 0 Å². The van der Waals surface area contributed by atoms with Crippen molar-refractivity contribution >= 4 is 18.3 Å². The van der Waals surface area contributed by atoms with Crippen LogP contribution >= 0.6 is 0 Å². The molecule has 1 saturated heterocycles. The van der Waals surface area contributed by atoms with Crippen molar-refractivity contribution in [1.82, 2.24) is 15.1 Å². The number of hydrogen-bond acceptors (Lipinski definition) is 3. The Kier molecular flexibility index (Phi) is 1.73. The summed E-state index contributed by atoms with van der Waals surface area (Å²) < 4.78 is 1.78. The Bertz CT molecular complexity index is 338. The van der Waals surface area contributed by atoms with Crippen molar-refractivity contribution in [3.8, 4) is 0 Å². The highest BCUT2D eigenvalue weighted by molar-refractivity contribution is 6.00. The molecule has 0 radical (unpaired) electrons. The van der Waals surface area contributed by atoms with Gasteiger partial charge in [-0.2, -0.15) is 0 Å². The van der Waals surface area contributed by atoms with Gasteiger partial charge in [-0.15, -0.1) is 0 Å². The highest BCUT2D eigenvalue weighted by Crippen LogP contribution is 2.17. The van der Waals surface area contributed by atoms with E-state index in [2.05, 4.69) is 5.32 Å². The first-order valence-corrected chi connectivity index (χ1v) is 4.39. The molecule has 1 fully saturated rings. The molecule has 2 aliphatic rings. The Hall–Kier alpha value is -1.59. The minimum atomic E-state index is -0.303. The first-order chi connectivity index (χ1) is 6.54. The minimum absolute atomic E-state index is 0.165. The van der Waals surface area contributed by atoms with Crippen molar-refractivity contribution < 1.29 is 14.2 Å². The molecule has 2 atom stereocenters. The summed E-state index contributed by atoms with van der Waals surface area (Å²) in [7, 11) is 5.00. The van der Waals surface area contributed by atoms with Crippen molar-refractivity contribution in [2.45, 2.75) is 12.2 Å². The van der Waals surface area contributed by atoms with Gasteiger partial charge in [0.25, 0.3) is 5.91 Å². The molecular weight excluding hydrogens is 184 g/mol. The lowest BCUT2D eigenvalue weighted by Crippen LogP contribution is -2.65. The maximum Gasteiger partial charge on any atom is 0.329 e. The zero-order valence-corrected chi connectivity index (χ0v) is 8.39. The van der Waals surface area contributed by atoms with E-state index in [1.54, 1.807) is 18.0 Å². The molecule has 0 spiro atoms. The SMILES string of the molecule is CN1C(=O)[C@H]2[C@@H](NC=[N+]2C)N(C)C1=O. The van der Waals surface area contributed by atoms with E-state index < -0.39 is 0 Å². The second-order valence-corrected chi connectivity index (χ2v) is 3.64. The summed E-state index contributed by atoms with van der Waals surface area (Å²) in [6.07, 6.45) is 1.48. The lowest BCUT2D eigenvalue weighted by Gasteiger charge is -2.34. The van der Waals surface area contributed by atoms with E-state index in [4.69, 9.17) is 0 Å². The predicted molar refractivity (Wildman–Crippen MR) is 48.9 cm³/mol. The van der Waals surface area contributed by atoms with Gasteiger partial charge in [0.15, 0.2) is 0 Å². The fourth-order valence-corrected chi connectivity index (χ4v) is 1.87. The van der Waals surface area contributed by atoms with E-state index >= 15 is 0 Å². The molecule has 14 heavy (non-hydrogen) atoms. The van der Waals surface area contributed by atoms with Crippen LogP contribution in [0.1, 0.15) is 0 Å². The second kappa shape index (κ2) is 2.70. The van der Waals surface area contributed by atoms with Gasteiger partial charge in [-0.1, -0.05) is 0 Å². The first-order valence-electron chi connectivity index (χ1n) is 4.39. The molecule has 0 aromatic carbocycles. The van der Waals surface area contributed by atoms with Crippen molar-refractivity contribution in [2.75, 3.05) is 21.1 Å². The van der Waals surface area contributed by atoms with Crippen LogP contribution in [0.5, 0.6) is 0 Å². The van der Waals surface area contributed by atoms with Gasteiger partial charge < -0.3 is 0 Å². The Balaban J connectivity index is 2.36. The molecule has 0 unspecified atom stereocenters. The third kappa shape index (κ3) is 0.934. The van der Waals surface area contributed by atoms with Crippen LogP contribution in [0.3, 0.4) is 0 Å². The molecular formula is C8H13N4O2+. The fraction of sp³-hybridized carbons (Fsp3) is 0.625. The average Bonchev–Trinajstić information content (AvgIpc) is 2.54. The molecule has 3 amide bonds. The molecule has 0 bridgehead atoms. The number of hydrogen-bond donors (Lipinski definition) is 1. The van der Waals surface area contributed by atoms with Gasteiger partial charge in [0.1, 0.15) is 0 Å². The van der Waals surface area contributed by atoms with Crippen LogP contribution in [0.25, 0.3) is 0 Å². The van der Waals surface area contributed by atoms with Crippen molar-refractivity contribution in [3.05, 3.63) is 0 Å². The summed E-state index contributed by atoms with van der Waals surface area (Å²) in [5.41, 5.74) is 0. The van der Waals surface area contributed by atoms with Crippen LogP contribution in [0.2, 0.25) is 0 Å². The van der Waals surface area contributed by atoms with Crippen LogP contribution in [-0.2, 0) is 4.79 Å². The lowest BCUT2D eigenvalue weighted by molar-refractivity contribution is -0.517. The topological polar surface area (TPSA) is 55.7 Å². The molecule has 2 heterocycles. The predicted octanol–water partition coefficient (Wildman–Crippen LogP) is -1.52. The largest absolute Gasteiger partial charge is 0.329 e. The zero-order valence-electron chi connectivity index (χ0n) is 8.39. The summed E-state index contributed by atoms with van der Waals surface area (Å²) in [6, 6.07) is -0.574. The number of amides is 3. The monoisotopic (exact) mass is 197 g/mol. The number of imide groups is 1. The second-order valence-electron chi connectivity index (χ2n) is 3.64. The number of carbonyl (C=O) groups excluding carboxylic acids is 2. The van der Waals surface area contributed by atoms with E-state index in [1.165, 1.54) is 11.9 Å². The summed E-state index contributed by atoms with van der Waals surface area (Å²) in [4.78, 5) is 26.0. The number of urea groups is 1. The van der Waals surface area contributed by atoms with Gasteiger partial charge in [0.2, 0.25) is 18.5 Å². The molecule has 2 rings (SSSR count). The molecule has 0 aliphatic carbocycles. The molecule has 76 valence electrons. The summed E-state index contributed by atoms with van der Waals surface area (Å²) in [6.45, 7) is 0. The van der Waals surface area contributed by atoms with E-state index in [1.807, 2.05) is 7.05 Å². The van der Waals surface area contributed by atoms with Crippen molar-refractivity contribution in [2.24, 2.45) is 0 Å². The van der Waals surface area contributed by atoms with E-state index in [0.29, 0.717) is 0 Å². The first kappa shape index (κ1) is 8.98. The summed E-state index contributed by atoms with van der Waals surface area (Å²) in [5, 5.41) is 3.00. The van der Waals surface area contributed by atoms with Crippen LogP contribution in [0.15, 0.2) is 0 Å². The maximum atomic E-state index is 11.7. The number of carbonyl (C=O) groups is 2. The van der Waals surface area contributed by atoms with Gasteiger partial charge in [-0.05, 0) is 0 Å².